The molecule has 0 saturated carbocycles. The number of aliphatic hydroxyl groups is 1. The van der Waals surface area contributed by atoms with Crippen molar-refractivity contribution in [2.24, 2.45) is 5.41 Å². The molecule has 3 rings (SSSR count). The molecule has 1 heterocycles. The molecule has 0 aromatic heterocycles. The second-order valence-electron chi connectivity index (χ2n) is 11.5. The average molecular weight is 505 g/mol. The lowest BCUT2D eigenvalue weighted by Gasteiger charge is -2.39. The highest BCUT2D eigenvalue weighted by atomic mass is 35.5. The van der Waals surface area contributed by atoms with E-state index in [0.717, 1.165) is 29.7 Å². The van der Waals surface area contributed by atoms with Gasteiger partial charge in [-0.1, -0.05) is 50.6 Å². The van der Waals surface area contributed by atoms with E-state index in [0.29, 0.717) is 6.42 Å². The molecule has 0 aliphatic carbocycles. The van der Waals surface area contributed by atoms with Crippen LogP contribution in [0.15, 0.2) is 36.4 Å². The molecule has 0 fully saturated rings. The SMILES string of the molecule is CC(=O)N[C@@H](Cc1ccc(F)c(Cl)c1)[C@H](O)CNC1CC(C)(C)Oc2ccc(CC(C)(C)C)cc21. The highest BCUT2D eigenvalue weighted by molar-refractivity contribution is 6.30. The number of fused-ring (bicyclic) bond motifs is 1. The standard InChI is InChI=1S/C28H38ClFN2O3/c1-17(33)32-23(13-18-7-9-22(30)21(29)12-18)25(34)16-31-24-15-28(5,6)35-26-10-8-19(11-20(24)26)14-27(2,3)4/h7-12,23-25,31,34H,13-16H2,1-6H3,(H,32,33)/t23-,24?,25+/m0/s1. The second-order valence-corrected chi connectivity index (χ2v) is 11.9. The van der Waals surface area contributed by atoms with Gasteiger partial charge in [-0.15, -0.1) is 0 Å². The van der Waals surface area contributed by atoms with Crippen LogP contribution in [0.1, 0.15) is 70.7 Å². The summed E-state index contributed by atoms with van der Waals surface area (Å²) in [6.07, 6.45) is 1.15. The van der Waals surface area contributed by atoms with Crippen molar-refractivity contribution < 1.29 is 19.0 Å². The monoisotopic (exact) mass is 504 g/mol. The summed E-state index contributed by atoms with van der Waals surface area (Å²) in [5.74, 6) is 0.109. The molecule has 3 atom stereocenters. The number of halogens is 2. The van der Waals surface area contributed by atoms with Gasteiger partial charge in [0, 0.05) is 31.5 Å². The first-order valence-corrected chi connectivity index (χ1v) is 12.5. The van der Waals surface area contributed by atoms with E-state index in [2.05, 4.69) is 57.4 Å². The van der Waals surface area contributed by atoms with Crippen LogP contribution in [0, 0.1) is 11.2 Å². The van der Waals surface area contributed by atoms with Crippen molar-refractivity contribution in [2.45, 2.75) is 84.6 Å². The smallest absolute Gasteiger partial charge is 0.217 e. The number of amides is 1. The van der Waals surface area contributed by atoms with Crippen molar-refractivity contribution in [1.82, 2.24) is 10.6 Å². The first-order chi connectivity index (χ1) is 16.2. The number of hydrogen-bond acceptors (Lipinski definition) is 4. The van der Waals surface area contributed by atoms with E-state index < -0.39 is 18.0 Å². The minimum Gasteiger partial charge on any atom is -0.487 e. The number of benzene rings is 2. The summed E-state index contributed by atoms with van der Waals surface area (Å²) in [5.41, 5.74) is 2.87. The summed E-state index contributed by atoms with van der Waals surface area (Å²) in [6, 6.07) is 10.2. The van der Waals surface area contributed by atoms with Gasteiger partial charge < -0.3 is 20.5 Å². The van der Waals surface area contributed by atoms with Gasteiger partial charge in [-0.2, -0.15) is 0 Å². The summed E-state index contributed by atoms with van der Waals surface area (Å²) >= 11 is 5.92. The maximum absolute atomic E-state index is 13.6. The minimum atomic E-state index is -0.866. The number of aliphatic hydroxyl groups excluding tert-OH is 1. The predicted molar refractivity (Wildman–Crippen MR) is 138 cm³/mol. The number of rotatable bonds is 8. The quantitative estimate of drug-likeness (QED) is 0.452. The molecule has 1 unspecified atom stereocenters. The number of carbonyl (C=O) groups excluding carboxylic acids is 1. The zero-order chi connectivity index (χ0) is 26.0. The van der Waals surface area contributed by atoms with Crippen molar-refractivity contribution in [3.8, 4) is 5.75 Å². The third-order valence-corrected chi connectivity index (χ3v) is 6.42. The van der Waals surface area contributed by atoms with Crippen molar-refractivity contribution in [2.75, 3.05) is 6.54 Å². The Morgan fingerprint density at radius 3 is 2.54 bits per heavy atom. The van der Waals surface area contributed by atoms with Crippen LogP contribution in [0.25, 0.3) is 0 Å². The third kappa shape index (κ3) is 7.92. The molecular weight excluding hydrogens is 467 g/mol. The zero-order valence-electron chi connectivity index (χ0n) is 21.5. The Balaban J connectivity index is 1.77. The van der Waals surface area contributed by atoms with Crippen molar-refractivity contribution in [3.63, 3.8) is 0 Å². The highest BCUT2D eigenvalue weighted by Crippen LogP contribution is 2.40. The Morgan fingerprint density at radius 1 is 1.23 bits per heavy atom. The Labute approximate surface area is 213 Å². The molecule has 1 aliphatic rings. The Hall–Kier alpha value is -2.15. The van der Waals surface area contributed by atoms with Crippen LogP contribution < -0.4 is 15.4 Å². The van der Waals surface area contributed by atoms with Crippen molar-refractivity contribution in [3.05, 3.63) is 63.9 Å². The fourth-order valence-corrected chi connectivity index (χ4v) is 4.88. The van der Waals surface area contributed by atoms with E-state index in [1.165, 1.54) is 24.6 Å². The summed E-state index contributed by atoms with van der Waals surface area (Å²) in [7, 11) is 0. The van der Waals surface area contributed by atoms with E-state index in [1.807, 2.05) is 6.07 Å². The topological polar surface area (TPSA) is 70.6 Å². The Bertz CT molecular complexity index is 1050. The molecule has 192 valence electrons. The van der Waals surface area contributed by atoms with Crippen LogP contribution in [0.4, 0.5) is 4.39 Å². The summed E-state index contributed by atoms with van der Waals surface area (Å²) in [4.78, 5) is 11.8. The first-order valence-electron chi connectivity index (χ1n) is 12.2. The number of ether oxygens (including phenoxy) is 1. The van der Waals surface area contributed by atoms with Crippen molar-refractivity contribution >= 4 is 17.5 Å². The molecule has 1 aliphatic heterocycles. The predicted octanol–water partition coefficient (Wildman–Crippen LogP) is 5.37. The summed E-state index contributed by atoms with van der Waals surface area (Å²) < 4.78 is 19.8. The zero-order valence-corrected chi connectivity index (χ0v) is 22.3. The average Bonchev–Trinajstić information content (AvgIpc) is 2.72. The van der Waals surface area contributed by atoms with Gasteiger partial charge in [0.05, 0.1) is 17.2 Å². The number of hydrogen-bond donors (Lipinski definition) is 3. The molecule has 0 saturated heterocycles. The molecule has 7 heteroatoms. The summed E-state index contributed by atoms with van der Waals surface area (Å²) in [5, 5.41) is 17.4. The normalized spacial score (nSPS) is 18.8. The molecule has 3 N–H and O–H groups in total. The largest absolute Gasteiger partial charge is 0.487 e. The van der Waals surface area contributed by atoms with Crippen LogP contribution in [0.5, 0.6) is 5.75 Å². The Kier molecular flexibility index (Phi) is 8.51. The minimum absolute atomic E-state index is 0.0124. The highest BCUT2D eigenvalue weighted by Gasteiger charge is 2.34. The van der Waals surface area contributed by atoms with Gasteiger partial charge in [0.25, 0.3) is 0 Å². The van der Waals surface area contributed by atoms with Gasteiger partial charge in [-0.05, 0) is 61.4 Å². The van der Waals surface area contributed by atoms with Gasteiger partial charge in [-0.3, -0.25) is 4.79 Å². The molecule has 1 amide bonds. The molecule has 2 aromatic carbocycles. The lowest BCUT2D eigenvalue weighted by Crippen LogP contribution is -2.49. The van der Waals surface area contributed by atoms with E-state index in [1.54, 1.807) is 6.07 Å². The van der Waals surface area contributed by atoms with E-state index in [9.17, 15) is 14.3 Å². The molecule has 2 aromatic rings. The van der Waals surface area contributed by atoms with Gasteiger partial charge in [-0.25, -0.2) is 4.39 Å². The van der Waals surface area contributed by atoms with Crippen molar-refractivity contribution in [1.29, 1.82) is 0 Å². The van der Waals surface area contributed by atoms with Gasteiger partial charge in [0.2, 0.25) is 5.91 Å². The van der Waals surface area contributed by atoms with Crippen LogP contribution in [0.2, 0.25) is 5.02 Å². The van der Waals surface area contributed by atoms with E-state index >= 15 is 0 Å². The lowest BCUT2D eigenvalue weighted by molar-refractivity contribution is -0.120. The van der Waals surface area contributed by atoms with Crippen LogP contribution >= 0.6 is 11.6 Å². The van der Waals surface area contributed by atoms with E-state index in [-0.39, 0.29) is 34.5 Å². The second kappa shape index (κ2) is 10.9. The van der Waals surface area contributed by atoms with Gasteiger partial charge in [0.1, 0.15) is 17.2 Å². The summed E-state index contributed by atoms with van der Waals surface area (Å²) in [6.45, 7) is 12.4. The maximum atomic E-state index is 13.6. The molecule has 0 spiro atoms. The molecule has 0 bridgehead atoms. The molecular formula is C28H38ClFN2O3. The lowest BCUT2D eigenvalue weighted by atomic mass is 9.84. The van der Waals surface area contributed by atoms with Crippen LogP contribution in [0.3, 0.4) is 0 Å². The van der Waals surface area contributed by atoms with E-state index in [4.69, 9.17) is 16.3 Å². The molecule has 35 heavy (non-hydrogen) atoms. The molecule has 0 radical (unpaired) electrons. The maximum Gasteiger partial charge on any atom is 0.217 e. The van der Waals surface area contributed by atoms with Crippen LogP contribution in [-0.2, 0) is 17.6 Å². The van der Waals surface area contributed by atoms with Crippen LogP contribution in [-0.4, -0.2) is 35.3 Å². The Morgan fingerprint density at radius 2 is 1.91 bits per heavy atom. The fourth-order valence-electron chi connectivity index (χ4n) is 4.68. The number of nitrogens with one attached hydrogen (secondary N) is 2. The first kappa shape index (κ1) is 27.4. The fraction of sp³-hybridized carbons (Fsp3) is 0.536. The molecule has 5 nitrogen and oxygen atoms in total. The third-order valence-electron chi connectivity index (χ3n) is 6.13. The van der Waals surface area contributed by atoms with Gasteiger partial charge in [0.15, 0.2) is 0 Å². The number of carbonyl (C=O) groups is 1. The van der Waals surface area contributed by atoms with Gasteiger partial charge >= 0.3 is 0 Å².